The van der Waals surface area contributed by atoms with Gasteiger partial charge in [-0.25, -0.2) is 8.42 Å². The molecular formula is C12H16BrNO4S. The van der Waals surface area contributed by atoms with Gasteiger partial charge in [0.25, 0.3) is 0 Å². The molecule has 0 amide bonds. The number of aliphatic carboxylic acids is 1. The zero-order valence-corrected chi connectivity index (χ0v) is 12.9. The summed E-state index contributed by atoms with van der Waals surface area (Å²) in [6, 6.07) is 6.94. The Labute approximate surface area is 121 Å². The Hall–Kier alpha value is -1.08. The molecule has 0 aliphatic heterocycles. The highest BCUT2D eigenvalue weighted by molar-refractivity contribution is 9.10. The van der Waals surface area contributed by atoms with Crippen molar-refractivity contribution in [3.63, 3.8) is 0 Å². The van der Waals surface area contributed by atoms with Crippen LogP contribution in [-0.4, -0.2) is 31.8 Å². The van der Waals surface area contributed by atoms with E-state index in [1.807, 2.05) is 0 Å². The first-order chi connectivity index (χ1) is 8.86. The second-order valence-corrected chi connectivity index (χ2v) is 7.05. The van der Waals surface area contributed by atoms with Crippen LogP contribution in [0.4, 0.5) is 5.69 Å². The van der Waals surface area contributed by atoms with Gasteiger partial charge >= 0.3 is 5.97 Å². The Morgan fingerprint density at radius 2 is 2.11 bits per heavy atom. The molecule has 0 atom stereocenters. The highest BCUT2D eigenvalue weighted by atomic mass is 79.9. The molecule has 19 heavy (non-hydrogen) atoms. The fourth-order valence-electron chi connectivity index (χ4n) is 1.59. The first-order valence-electron chi connectivity index (χ1n) is 5.84. The van der Waals surface area contributed by atoms with E-state index in [0.717, 1.165) is 4.47 Å². The van der Waals surface area contributed by atoms with E-state index in [1.54, 1.807) is 31.2 Å². The van der Waals surface area contributed by atoms with Crippen LogP contribution in [0.2, 0.25) is 0 Å². The Kier molecular flexibility index (Phi) is 5.81. The standard InChI is InChI=1S/C12H16BrNO4S/c1-2-19(17,18)14(8-4-7-12(15)16)11-6-3-5-10(13)9-11/h3,5-6,9H,2,4,7-8H2,1H3,(H,15,16). The van der Waals surface area contributed by atoms with Crippen LogP contribution < -0.4 is 4.31 Å². The number of nitrogens with zero attached hydrogens (tertiary/aromatic N) is 1. The van der Waals surface area contributed by atoms with Gasteiger partial charge < -0.3 is 5.11 Å². The number of carboxylic acid groups (broad SMARTS) is 1. The molecule has 1 aromatic carbocycles. The van der Waals surface area contributed by atoms with Crippen LogP contribution in [-0.2, 0) is 14.8 Å². The first kappa shape index (κ1) is 16.0. The van der Waals surface area contributed by atoms with Gasteiger partial charge in [0.15, 0.2) is 0 Å². The second-order valence-electron chi connectivity index (χ2n) is 3.95. The summed E-state index contributed by atoms with van der Waals surface area (Å²) in [6.07, 6.45) is 0.227. The monoisotopic (exact) mass is 349 g/mol. The normalized spacial score (nSPS) is 11.3. The molecular weight excluding hydrogens is 334 g/mol. The summed E-state index contributed by atoms with van der Waals surface area (Å²) >= 11 is 3.29. The molecule has 7 heteroatoms. The molecule has 0 aliphatic carbocycles. The van der Waals surface area contributed by atoms with Gasteiger partial charge in [0.1, 0.15) is 0 Å². The molecule has 0 heterocycles. The van der Waals surface area contributed by atoms with Crippen LogP contribution in [0, 0.1) is 0 Å². The minimum Gasteiger partial charge on any atom is -0.481 e. The van der Waals surface area contributed by atoms with E-state index in [4.69, 9.17) is 5.11 Å². The van der Waals surface area contributed by atoms with E-state index in [2.05, 4.69) is 15.9 Å². The van der Waals surface area contributed by atoms with Crippen molar-refractivity contribution in [1.29, 1.82) is 0 Å². The fraction of sp³-hybridized carbons (Fsp3) is 0.417. The van der Waals surface area contributed by atoms with Crippen molar-refractivity contribution in [3.8, 4) is 0 Å². The zero-order chi connectivity index (χ0) is 14.5. The highest BCUT2D eigenvalue weighted by Crippen LogP contribution is 2.23. The number of benzene rings is 1. The summed E-state index contributed by atoms with van der Waals surface area (Å²) < 4.78 is 26.1. The Morgan fingerprint density at radius 3 is 2.63 bits per heavy atom. The number of anilines is 1. The van der Waals surface area contributed by atoms with Crippen molar-refractivity contribution in [2.75, 3.05) is 16.6 Å². The summed E-state index contributed by atoms with van der Waals surface area (Å²) in [5.41, 5.74) is 0.543. The Bertz CT molecular complexity index is 544. The summed E-state index contributed by atoms with van der Waals surface area (Å²) in [5, 5.41) is 8.63. The number of hydrogen-bond donors (Lipinski definition) is 1. The molecule has 1 aromatic rings. The molecule has 5 nitrogen and oxygen atoms in total. The number of carboxylic acids is 1. The maximum Gasteiger partial charge on any atom is 0.303 e. The van der Waals surface area contributed by atoms with E-state index in [-0.39, 0.29) is 25.1 Å². The van der Waals surface area contributed by atoms with Crippen LogP contribution in [0.3, 0.4) is 0 Å². The van der Waals surface area contributed by atoms with Gasteiger partial charge in [-0.15, -0.1) is 0 Å². The van der Waals surface area contributed by atoms with Crippen LogP contribution in [0.1, 0.15) is 19.8 Å². The quantitative estimate of drug-likeness (QED) is 0.820. The fourth-order valence-corrected chi connectivity index (χ4v) is 3.13. The average molecular weight is 350 g/mol. The summed E-state index contributed by atoms with van der Waals surface area (Å²) in [5.74, 6) is -0.949. The molecule has 0 spiro atoms. The molecule has 0 bridgehead atoms. The molecule has 0 aliphatic rings. The molecule has 0 saturated heterocycles. The molecule has 0 aromatic heterocycles. The summed E-state index contributed by atoms with van der Waals surface area (Å²) in [7, 11) is -3.41. The molecule has 0 radical (unpaired) electrons. The van der Waals surface area contributed by atoms with Crippen LogP contribution in [0.5, 0.6) is 0 Å². The van der Waals surface area contributed by atoms with Gasteiger partial charge in [0.2, 0.25) is 10.0 Å². The third-order valence-electron chi connectivity index (χ3n) is 2.55. The minimum absolute atomic E-state index is 0.0212. The predicted molar refractivity (Wildman–Crippen MR) is 77.8 cm³/mol. The van der Waals surface area contributed by atoms with Crippen LogP contribution in [0.25, 0.3) is 0 Å². The van der Waals surface area contributed by atoms with Crippen molar-refractivity contribution < 1.29 is 18.3 Å². The van der Waals surface area contributed by atoms with Gasteiger partial charge in [-0.2, -0.15) is 0 Å². The summed E-state index contributed by atoms with van der Waals surface area (Å²) in [6.45, 7) is 1.73. The van der Waals surface area contributed by atoms with Crippen molar-refractivity contribution in [2.45, 2.75) is 19.8 Å². The van der Waals surface area contributed by atoms with Gasteiger partial charge in [-0.05, 0) is 31.5 Å². The first-order valence-corrected chi connectivity index (χ1v) is 8.25. The van der Waals surface area contributed by atoms with Gasteiger partial charge in [0, 0.05) is 17.4 Å². The number of hydrogen-bond acceptors (Lipinski definition) is 3. The predicted octanol–water partition coefficient (Wildman–Crippen LogP) is 2.47. The lowest BCUT2D eigenvalue weighted by atomic mass is 10.3. The average Bonchev–Trinajstić information content (AvgIpc) is 2.34. The number of sulfonamides is 1. The molecule has 1 N–H and O–H groups in total. The van der Waals surface area contributed by atoms with E-state index in [0.29, 0.717) is 5.69 Å². The Morgan fingerprint density at radius 1 is 1.42 bits per heavy atom. The minimum atomic E-state index is -3.41. The zero-order valence-electron chi connectivity index (χ0n) is 10.5. The van der Waals surface area contributed by atoms with Crippen molar-refractivity contribution in [2.24, 2.45) is 0 Å². The van der Waals surface area contributed by atoms with Crippen LogP contribution in [0.15, 0.2) is 28.7 Å². The molecule has 0 unspecified atom stereocenters. The summed E-state index contributed by atoms with van der Waals surface area (Å²) in [4.78, 5) is 10.5. The van der Waals surface area contributed by atoms with E-state index >= 15 is 0 Å². The Balaban J connectivity index is 2.96. The largest absolute Gasteiger partial charge is 0.481 e. The lowest BCUT2D eigenvalue weighted by Gasteiger charge is -2.23. The second kappa shape index (κ2) is 6.91. The van der Waals surface area contributed by atoms with Crippen molar-refractivity contribution >= 4 is 37.6 Å². The number of rotatable bonds is 7. The third-order valence-corrected chi connectivity index (χ3v) is 4.84. The lowest BCUT2D eigenvalue weighted by Crippen LogP contribution is -2.33. The maximum atomic E-state index is 12.1. The lowest BCUT2D eigenvalue weighted by molar-refractivity contribution is -0.137. The highest BCUT2D eigenvalue weighted by Gasteiger charge is 2.20. The topological polar surface area (TPSA) is 74.7 Å². The van der Waals surface area contributed by atoms with E-state index in [1.165, 1.54) is 4.31 Å². The van der Waals surface area contributed by atoms with Crippen LogP contribution >= 0.6 is 15.9 Å². The smallest absolute Gasteiger partial charge is 0.303 e. The van der Waals surface area contributed by atoms with Gasteiger partial charge in [-0.1, -0.05) is 22.0 Å². The number of carbonyl (C=O) groups is 1. The maximum absolute atomic E-state index is 12.1. The van der Waals surface area contributed by atoms with Crippen molar-refractivity contribution in [3.05, 3.63) is 28.7 Å². The van der Waals surface area contributed by atoms with Crippen molar-refractivity contribution in [1.82, 2.24) is 0 Å². The third kappa shape index (κ3) is 4.83. The molecule has 0 fully saturated rings. The van der Waals surface area contributed by atoms with Gasteiger partial charge in [0.05, 0.1) is 11.4 Å². The number of halogens is 1. The SMILES string of the molecule is CCS(=O)(=O)N(CCCC(=O)O)c1cccc(Br)c1. The van der Waals surface area contributed by atoms with E-state index < -0.39 is 16.0 Å². The molecule has 106 valence electrons. The molecule has 1 rings (SSSR count). The van der Waals surface area contributed by atoms with E-state index in [9.17, 15) is 13.2 Å². The molecule has 0 saturated carbocycles. The van der Waals surface area contributed by atoms with Gasteiger partial charge in [-0.3, -0.25) is 9.10 Å².